The molecular formula is C13H19N. The van der Waals surface area contributed by atoms with Crippen LogP contribution in [0.2, 0.25) is 0 Å². The van der Waals surface area contributed by atoms with Gasteiger partial charge in [-0.1, -0.05) is 6.07 Å². The highest BCUT2D eigenvalue weighted by molar-refractivity contribution is 5.49. The lowest BCUT2D eigenvalue weighted by Crippen LogP contribution is -2.22. The molecule has 0 radical (unpaired) electrons. The van der Waals surface area contributed by atoms with Crippen LogP contribution < -0.4 is 5.73 Å². The van der Waals surface area contributed by atoms with Crippen LogP contribution in [0.4, 0.5) is 0 Å². The van der Waals surface area contributed by atoms with E-state index in [9.17, 15) is 0 Å². The standard InChI is InChI=1S/C13H19N/c1-8-7-9(2)11(4)12(10(8)3)13(14)5-6-13/h7H,5-6,14H2,1-4H3. The zero-order valence-corrected chi connectivity index (χ0v) is 9.57. The van der Waals surface area contributed by atoms with Crippen molar-refractivity contribution in [2.45, 2.75) is 46.1 Å². The van der Waals surface area contributed by atoms with Crippen LogP contribution in [0.5, 0.6) is 0 Å². The van der Waals surface area contributed by atoms with Crippen molar-refractivity contribution in [2.75, 3.05) is 0 Å². The molecule has 14 heavy (non-hydrogen) atoms. The van der Waals surface area contributed by atoms with E-state index in [-0.39, 0.29) is 5.54 Å². The lowest BCUT2D eigenvalue weighted by molar-refractivity contribution is 0.723. The maximum atomic E-state index is 6.31. The third-order valence-electron chi connectivity index (χ3n) is 3.65. The fourth-order valence-electron chi connectivity index (χ4n) is 2.35. The number of aryl methyl sites for hydroxylation is 2. The first-order chi connectivity index (χ1) is 6.46. The van der Waals surface area contributed by atoms with Gasteiger partial charge < -0.3 is 5.73 Å². The van der Waals surface area contributed by atoms with Crippen LogP contribution in [0, 0.1) is 27.7 Å². The van der Waals surface area contributed by atoms with E-state index >= 15 is 0 Å². The van der Waals surface area contributed by atoms with E-state index in [2.05, 4.69) is 33.8 Å². The molecule has 1 aliphatic rings. The van der Waals surface area contributed by atoms with Gasteiger partial charge in [-0.15, -0.1) is 0 Å². The highest BCUT2D eigenvalue weighted by atomic mass is 14.8. The van der Waals surface area contributed by atoms with Gasteiger partial charge in [0.1, 0.15) is 0 Å². The third-order valence-corrected chi connectivity index (χ3v) is 3.65. The van der Waals surface area contributed by atoms with Gasteiger partial charge in [0, 0.05) is 5.54 Å². The van der Waals surface area contributed by atoms with Gasteiger partial charge in [-0.25, -0.2) is 0 Å². The van der Waals surface area contributed by atoms with Crippen molar-refractivity contribution >= 4 is 0 Å². The molecule has 0 aliphatic heterocycles. The Bertz CT molecular complexity index is 360. The smallest absolute Gasteiger partial charge is 0.0416 e. The van der Waals surface area contributed by atoms with Crippen molar-refractivity contribution in [3.63, 3.8) is 0 Å². The molecule has 0 aromatic heterocycles. The molecule has 2 N–H and O–H groups in total. The van der Waals surface area contributed by atoms with Crippen LogP contribution >= 0.6 is 0 Å². The van der Waals surface area contributed by atoms with Gasteiger partial charge in [0.15, 0.2) is 0 Å². The summed E-state index contributed by atoms with van der Waals surface area (Å²) in [6.45, 7) is 8.75. The molecule has 0 atom stereocenters. The number of hydrogen-bond donors (Lipinski definition) is 1. The Balaban J connectivity index is 2.68. The molecule has 2 rings (SSSR count). The quantitative estimate of drug-likeness (QED) is 0.722. The Kier molecular flexibility index (Phi) is 1.97. The topological polar surface area (TPSA) is 26.0 Å². The Morgan fingerprint density at radius 1 is 1.00 bits per heavy atom. The monoisotopic (exact) mass is 189 g/mol. The van der Waals surface area contributed by atoms with Gasteiger partial charge in [-0.2, -0.15) is 0 Å². The molecule has 0 spiro atoms. The van der Waals surface area contributed by atoms with Crippen LogP contribution in [-0.2, 0) is 5.54 Å². The maximum absolute atomic E-state index is 6.31. The zero-order valence-electron chi connectivity index (χ0n) is 9.57. The van der Waals surface area contributed by atoms with Crippen molar-refractivity contribution in [1.82, 2.24) is 0 Å². The molecule has 1 heteroatoms. The van der Waals surface area contributed by atoms with Crippen LogP contribution in [-0.4, -0.2) is 0 Å². The Hall–Kier alpha value is -0.820. The maximum Gasteiger partial charge on any atom is 0.0416 e. The molecule has 0 heterocycles. The minimum Gasteiger partial charge on any atom is -0.321 e. The summed E-state index contributed by atoms with van der Waals surface area (Å²) in [5, 5.41) is 0. The number of benzene rings is 1. The summed E-state index contributed by atoms with van der Waals surface area (Å²) in [5.74, 6) is 0. The van der Waals surface area contributed by atoms with Crippen LogP contribution in [0.15, 0.2) is 6.07 Å². The van der Waals surface area contributed by atoms with Crippen molar-refractivity contribution in [3.8, 4) is 0 Å². The molecule has 0 unspecified atom stereocenters. The fraction of sp³-hybridized carbons (Fsp3) is 0.538. The van der Waals surface area contributed by atoms with Crippen LogP contribution in [0.3, 0.4) is 0 Å². The molecule has 1 aromatic rings. The van der Waals surface area contributed by atoms with Gasteiger partial charge in [-0.05, 0) is 68.4 Å². The first kappa shape index (κ1) is 9.72. The Morgan fingerprint density at radius 3 is 1.79 bits per heavy atom. The third kappa shape index (κ3) is 1.27. The molecule has 1 saturated carbocycles. The molecule has 1 nitrogen and oxygen atoms in total. The van der Waals surface area contributed by atoms with Crippen molar-refractivity contribution in [3.05, 3.63) is 33.9 Å². The second-order valence-electron chi connectivity index (χ2n) is 4.79. The lowest BCUT2D eigenvalue weighted by Gasteiger charge is -2.20. The highest BCUT2D eigenvalue weighted by Gasteiger charge is 2.42. The summed E-state index contributed by atoms with van der Waals surface area (Å²) in [6, 6.07) is 2.26. The lowest BCUT2D eigenvalue weighted by atomic mass is 9.89. The number of rotatable bonds is 1. The van der Waals surface area contributed by atoms with Gasteiger partial charge >= 0.3 is 0 Å². The van der Waals surface area contributed by atoms with Crippen molar-refractivity contribution < 1.29 is 0 Å². The van der Waals surface area contributed by atoms with Gasteiger partial charge in [0.2, 0.25) is 0 Å². The molecule has 1 aliphatic carbocycles. The fourth-order valence-corrected chi connectivity index (χ4v) is 2.35. The van der Waals surface area contributed by atoms with Crippen molar-refractivity contribution in [1.29, 1.82) is 0 Å². The summed E-state index contributed by atoms with van der Waals surface area (Å²) >= 11 is 0. The number of hydrogen-bond acceptors (Lipinski definition) is 1. The highest BCUT2D eigenvalue weighted by Crippen LogP contribution is 2.46. The molecule has 1 fully saturated rings. The summed E-state index contributed by atoms with van der Waals surface area (Å²) in [4.78, 5) is 0. The van der Waals surface area contributed by atoms with Gasteiger partial charge in [-0.3, -0.25) is 0 Å². The van der Waals surface area contributed by atoms with Crippen LogP contribution in [0.25, 0.3) is 0 Å². The summed E-state index contributed by atoms with van der Waals surface area (Å²) in [7, 11) is 0. The predicted octanol–water partition coefficient (Wildman–Crippen LogP) is 2.87. The second kappa shape index (κ2) is 2.83. The average Bonchev–Trinajstić information content (AvgIpc) is 2.81. The zero-order chi connectivity index (χ0) is 10.5. The van der Waals surface area contributed by atoms with E-state index in [0.29, 0.717) is 0 Å². The first-order valence-electron chi connectivity index (χ1n) is 5.32. The van der Waals surface area contributed by atoms with E-state index in [1.165, 1.54) is 27.8 Å². The predicted molar refractivity (Wildman–Crippen MR) is 60.5 cm³/mol. The molecule has 0 saturated heterocycles. The SMILES string of the molecule is Cc1cc(C)c(C)c(C2(N)CC2)c1C. The Morgan fingerprint density at radius 2 is 1.43 bits per heavy atom. The molecule has 1 aromatic carbocycles. The number of nitrogens with two attached hydrogens (primary N) is 1. The Labute approximate surface area is 86.3 Å². The molecular weight excluding hydrogens is 170 g/mol. The van der Waals surface area contributed by atoms with E-state index in [1.807, 2.05) is 0 Å². The van der Waals surface area contributed by atoms with Gasteiger partial charge in [0.05, 0.1) is 0 Å². The summed E-state index contributed by atoms with van der Waals surface area (Å²) in [6.07, 6.45) is 2.30. The summed E-state index contributed by atoms with van der Waals surface area (Å²) in [5.41, 5.74) is 13.3. The minimum absolute atomic E-state index is 0.00491. The van der Waals surface area contributed by atoms with E-state index in [4.69, 9.17) is 5.73 Å². The summed E-state index contributed by atoms with van der Waals surface area (Å²) < 4.78 is 0. The molecule has 0 bridgehead atoms. The minimum atomic E-state index is 0.00491. The molecule has 0 amide bonds. The van der Waals surface area contributed by atoms with E-state index in [1.54, 1.807) is 0 Å². The van der Waals surface area contributed by atoms with Crippen LogP contribution in [0.1, 0.15) is 40.7 Å². The normalized spacial score (nSPS) is 18.4. The largest absolute Gasteiger partial charge is 0.321 e. The second-order valence-corrected chi connectivity index (χ2v) is 4.79. The molecule has 76 valence electrons. The van der Waals surface area contributed by atoms with E-state index < -0.39 is 0 Å². The van der Waals surface area contributed by atoms with Gasteiger partial charge in [0.25, 0.3) is 0 Å². The van der Waals surface area contributed by atoms with E-state index in [0.717, 1.165) is 12.8 Å². The average molecular weight is 189 g/mol. The van der Waals surface area contributed by atoms with Crippen molar-refractivity contribution in [2.24, 2.45) is 5.73 Å². The first-order valence-corrected chi connectivity index (χ1v) is 5.32.